The van der Waals surface area contributed by atoms with Crippen molar-refractivity contribution in [2.45, 2.75) is 18.9 Å². The summed E-state index contributed by atoms with van der Waals surface area (Å²) < 4.78 is 11.9. The summed E-state index contributed by atoms with van der Waals surface area (Å²) in [4.78, 5) is 23.0. The molecule has 142 valence electrons. The van der Waals surface area contributed by atoms with Crippen LogP contribution in [0.25, 0.3) is 0 Å². The zero-order valence-electron chi connectivity index (χ0n) is 15.4. The van der Waals surface area contributed by atoms with Crippen LogP contribution in [0.2, 0.25) is 0 Å². The molecule has 1 amide bonds. The molecule has 1 saturated heterocycles. The number of ether oxygens (including phenoxy) is 2. The molecule has 0 spiro atoms. The number of aromatic nitrogens is 2. The van der Waals surface area contributed by atoms with Crippen LogP contribution in [-0.4, -0.2) is 40.0 Å². The molecule has 1 aliphatic heterocycles. The number of carbonyl (C=O) groups is 1. The van der Waals surface area contributed by atoms with Gasteiger partial charge in [0.05, 0.1) is 12.1 Å². The Hall–Kier alpha value is -3.41. The largest absolute Gasteiger partial charge is 0.472 e. The Labute approximate surface area is 163 Å². The average Bonchev–Trinajstić information content (AvgIpc) is 2.75. The summed E-state index contributed by atoms with van der Waals surface area (Å²) in [5, 5.41) is 0. The maximum atomic E-state index is 13.2. The van der Waals surface area contributed by atoms with E-state index in [1.807, 2.05) is 53.4 Å². The highest BCUT2D eigenvalue weighted by Crippen LogP contribution is 2.27. The molecule has 6 nitrogen and oxygen atoms in total. The van der Waals surface area contributed by atoms with Crippen LogP contribution in [0, 0.1) is 0 Å². The molecule has 2 aromatic carbocycles. The van der Waals surface area contributed by atoms with Gasteiger partial charge < -0.3 is 14.4 Å². The van der Waals surface area contributed by atoms with Crippen LogP contribution >= 0.6 is 0 Å². The number of likely N-dealkylation sites (tertiary alicyclic amines) is 1. The number of amides is 1. The predicted octanol–water partition coefficient (Wildman–Crippen LogP) is 3.95. The maximum absolute atomic E-state index is 13.2. The van der Waals surface area contributed by atoms with Crippen molar-refractivity contribution in [2.24, 2.45) is 0 Å². The van der Waals surface area contributed by atoms with Crippen molar-refractivity contribution in [1.29, 1.82) is 0 Å². The topological polar surface area (TPSA) is 64.5 Å². The molecule has 1 unspecified atom stereocenters. The van der Waals surface area contributed by atoms with Crippen molar-refractivity contribution in [1.82, 2.24) is 14.9 Å². The molecule has 2 heterocycles. The molecule has 1 fully saturated rings. The van der Waals surface area contributed by atoms with E-state index in [-0.39, 0.29) is 12.0 Å². The summed E-state index contributed by atoms with van der Waals surface area (Å²) in [6, 6.07) is 18.5. The van der Waals surface area contributed by atoms with Gasteiger partial charge in [0.2, 0.25) is 5.88 Å². The molecular weight excluding hydrogens is 354 g/mol. The highest BCUT2D eigenvalue weighted by Gasteiger charge is 2.27. The third-order valence-corrected chi connectivity index (χ3v) is 4.60. The molecule has 1 aliphatic rings. The first-order chi connectivity index (χ1) is 13.8. The van der Waals surface area contributed by atoms with Gasteiger partial charge in [0.15, 0.2) is 0 Å². The number of hydrogen-bond donors (Lipinski definition) is 0. The minimum absolute atomic E-state index is 0.0532. The molecule has 3 aromatic rings. The van der Waals surface area contributed by atoms with Gasteiger partial charge in [-0.3, -0.25) is 4.79 Å². The highest BCUT2D eigenvalue weighted by atomic mass is 16.5. The molecule has 1 atom stereocenters. The second kappa shape index (κ2) is 8.52. The summed E-state index contributed by atoms with van der Waals surface area (Å²) >= 11 is 0. The minimum Gasteiger partial charge on any atom is -0.472 e. The number of carbonyl (C=O) groups excluding carboxylic acids is 1. The Morgan fingerprint density at radius 3 is 2.68 bits per heavy atom. The normalized spacial score (nSPS) is 16.4. The van der Waals surface area contributed by atoms with Crippen molar-refractivity contribution in [3.05, 3.63) is 78.8 Å². The Balaban J connectivity index is 1.48. The highest BCUT2D eigenvalue weighted by molar-refractivity contribution is 5.97. The first-order valence-electron chi connectivity index (χ1n) is 9.33. The summed E-state index contributed by atoms with van der Waals surface area (Å²) in [7, 11) is 0. The smallest absolute Gasteiger partial charge is 0.257 e. The van der Waals surface area contributed by atoms with Gasteiger partial charge in [0.1, 0.15) is 23.9 Å². The zero-order valence-corrected chi connectivity index (χ0v) is 15.4. The standard InChI is InChI=1S/C22H21N3O3/c26-22(19-10-4-5-11-20(19)27-17-7-2-1-3-8-17)25-14-6-9-18(15-25)28-21-12-13-23-16-24-21/h1-5,7-8,10-13,16,18H,6,9,14-15H2. The molecule has 4 rings (SSSR count). The van der Waals surface area contributed by atoms with E-state index in [1.165, 1.54) is 6.33 Å². The lowest BCUT2D eigenvalue weighted by molar-refractivity contribution is 0.0525. The van der Waals surface area contributed by atoms with E-state index in [1.54, 1.807) is 18.3 Å². The van der Waals surface area contributed by atoms with Gasteiger partial charge in [0, 0.05) is 18.8 Å². The van der Waals surface area contributed by atoms with Crippen LogP contribution in [0.3, 0.4) is 0 Å². The van der Waals surface area contributed by atoms with Crippen LogP contribution in [-0.2, 0) is 0 Å². The summed E-state index contributed by atoms with van der Waals surface area (Å²) in [6.07, 6.45) is 4.78. The van der Waals surface area contributed by atoms with Crippen molar-refractivity contribution in [3.8, 4) is 17.4 Å². The third-order valence-electron chi connectivity index (χ3n) is 4.60. The van der Waals surface area contributed by atoms with Gasteiger partial charge >= 0.3 is 0 Å². The average molecular weight is 375 g/mol. The van der Waals surface area contributed by atoms with Gasteiger partial charge in [-0.1, -0.05) is 30.3 Å². The van der Waals surface area contributed by atoms with Gasteiger partial charge in [-0.25, -0.2) is 9.97 Å². The first-order valence-corrected chi connectivity index (χ1v) is 9.33. The summed E-state index contributed by atoms with van der Waals surface area (Å²) in [5.74, 6) is 1.73. The fourth-order valence-electron chi connectivity index (χ4n) is 3.26. The summed E-state index contributed by atoms with van der Waals surface area (Å²) in [6.45, 7) is 1.21. The number of rotatable bonds is 5. The monoisotopic (exact) mass is 375 g/mol. The van der Waals surface area contributed by atoms with Crippen molar-refractivity contribution < 1.29 is 14.3 Å². The van der Waals surface area contributed by atoms with Crippen molar-refractivity contribution >= 4 is 5.91 Å². The maximum Gasteiger partial charge on any atom is 0.257 e. The van der Waals surface area contributed by atoms with Gasteiger partial charge in [-0.05, 0) is 37.1 Å². The number of hydrogen-bond acceptors (Lipinski definition) is 5. The molecule has 0 aliphatic carbocycles. The van der Waals surface area contributed by atoms with Gasteiger partial charge in [-0.15, -0.1) is 0 Å². The van der Waals surface area contributed by atoms with Crippen LogP contribution in [0.1, 0.15) is 23.2 Å². The number of piperidine rings is 1. The van der Waals surface area contributed by atoms with E-state index in [2.05, 4.69) is 9.97 Å². The van der Waals surface area contributed by atoms with E-state index in [0.29, 0.717) is 36.0 Å². The van der Waals surface area contributed by atoms with E-state index >= 15 is 0 Å². The molecule has 0 bridgehead atoms. The molecule has 0 radical (unpaired) electrons. The zero-order chi connectivity index (χ0) is 19.2. The van der Waals surface area contributed by atoms with Crippen LogP contribution < -0.4 is 9.47 Å². The lowest BCUT2D eigenvalue weighted by Gasteiger charge is -2.33. The number of nitrogens with zero attached hydrogens (tertiary/aromatic N) is 3. The Kier molecular flexibility index (Phi) is 5.47. The molecule has 6 heteroatoms. The van der Waals surface area contributed by atoms with Crippen LogP contribution in [0.4, 0.5) is 0 Å². The van der Waals surface area contributed by atoms with E-state index in [9.17, 15) is 4.79 Å². The van der Waals surface area contributed by atoms with E-state index in [4.69, 9.17) is 9.47 Å². The third kappa shape index (κ3) is 4.28. The molecule has 1 aromatic heterocycles. The van der Waals surface area contributed by atoms with E-state index < -0.39 is 0 Å². The molecule has 0 saturated carbocycles. The second-order valence-electron chi connectivity index (χ2n) is 6.59. The fraction of sp³-hybridized carbons (Fsp3) is 0.227. The van der Waals surface area contributed by atoms with Crippen LogP contribution in [0.5, 0.6) is 17.4 Å². The van der Waals surface area contributed by atoms with Crippen LogP contribution in [0.15, 0.2) is 73.2 Å². The predicted molar refractivity (Wildman–Crippen MR) is 105 cm³/mol. The quantitative estimate of drug-likeness (QED) is 0.676. The Bertz CT molecular complexity index is 919. The lowest BCUT2D eigenvalue weighted by Crippen LogP contribution is -2.44. The first kappa shape index (κ1) is 18.0. The lowest BCUT2D eigenvalue weighted by atomic mass is 10.1. The molecule has 0 N–H and O–H groups in total. The van der Waals surface area contributed by atoms with Crippen molar-refractivity contribution in [2.75, 3.05) is 13.1 Å². The fourth-order valence-corrected chi connectivity index (χ4v) is 3.26. The van der Waals surface area contributed by atoms with Crippen molar-refractivity contribution in [3.63, 3.8) is 0 Å². The van der Waals surface area contributed by atoms with E-state index in [0.717, 1.165) is 12.8 Å². The number of benzene rings is 2. The Morgan fingerprint density at radius 2 is 1.86 bits per heavy atom. The van der Waals surface area contributed by atoms with Gasteiger partial charge in [-0.2, -0.15) is 0 Å². The SMILES string of the molecule is O=C(c1ccccc1Oc1ccccc1)N1CCCC(Oc2ccncn2)C1. The molecule has 28 heavy (non-hydrogen) atoms. The minimum atomic E-state index is -0.0881. The van der Waals surface area contributed by atoms with Gasteiger partial charge in [0.25, 0.3) is 5.91 Å². The number of para-hydroxylation sites is 2. The molecular formula is C22H21N3O3. The Morgan fingerprint density at radius 1 is 1.04 bits per heavy atom. The second-order valence-corrected chi connectivity index (χ2v) is 6.59. The summed E-state index contributed by atoms with van der Waals surface area (Å²) in [5.41, 5.74) is 0.550.